The van der Waals surface area contributed by atoms with Crippen molar-refractivity contribution in [3.05, 3.63) is 56.0 Å². The minimum atomic E-state index is -0.0942. The predicted molar refractivity (Wildman–Crippen MR) is 119 cm³/mol. The van der Waals surface area contributed by atoms with Gasteiger partial charge in [-0.2, -0.15) is 0 Å². The topological polar surface area (TPSA) is 64.4 Å². The second kappa shape index (κ2) is 10.2. The van der Waals surface area contributed by atoms with Crippen LogP contribution in [0, 0.1) is 0 Å². The van der Waals surface area contributed by atoms with Crippen molar-refractivity contribution in [1.29, 1.82) is 0 Å². The highest BCUT2D eigenvalue weighted by Gasteiger charge is 2.16. The maximum atomic E-state index is 12.9. The van der Waals surface area contributed by atoms with E-state index in [2.05, 4.69) is 4.98 Å². The van der Waals surface area contributed by atoms with Gasteiger partial charge in [0.05, 0.1) is 27.5 Å². The molecule has 2 heterocycles. The lowest BCUT2D eigenvalue weighted by Crippen LogP contribution is -2.28. The zero-order valence-corrected chi connectivity index (χ0v) is 18.6. The van der Waals surface area contributed by atoms with Crippen molar-refractivity contribution < 1.29 is 9.53 Å². The van der Waals surface area contributed by atoms with Gasteiger partial charge in [-0.25, -0.2) is 4.98 Å². The summed E-state index contributed by atoms with van der Waals surface area (Å²) in [5, 5.41) is 1.12. The van der Waals surface area contributed by atoms with Gasteiger partial charge in [-0.05, 0) is 30.7 Å². The predicted octanol–water partition coefficient (Wildman–Crippen LogP) is 3.90. The van der Waals surface area contributed by atoms with Crippen molar-refractivity contribution >= 4 is 51.5 Å². The third-order valence-electron chi connectivity index (χ3n) is 4.33. The highest BCUT2D eigenvalue weighted by Crippen LogP contribution is 2.23. The molecule has 0 radical (unpaired) electrons. The van der Waals surface area contributed by atoms with Crippen molar-refractivity contribution in [1.82, 2.24) is 14.5 Å². The van der Waals surface area contributed by atoms with Crippen molar-refractivity contribution in [2.75, 3.05) is 26.5 Å². The van der Waals surface area contributed by atoms with Gasteiger partial charge in [-0.1, -0.05) is 35.5 Å². The van der Waals surface area contributed by atoms with Crippen molar-refractivity contribution in [3.8, 4) is 0 Å². The Balaban J connectivity index is 1.76. The van der Waals surface area contributed by atoms with Gasteiger partial charge < -0.3 is 9.64 Å². The number of rotatable bonds is 9. The quantitative estimate of drug-likeness (QED) is 0.280. The van der Waals surface area contributed by atoms with Gasteiger partial charge in [0.1, 0.15) is 0 Å². The molecule has 1 amide bonds. The average Bonchev–Trinajstić information content (AvgIpc) is 3.12. The van der Waals surface area contributed by atoms with Crippen LogP contribution in [-0.2, 0) is 22.6 Å². The Morgan fingerprint density at radius 3 is 2.83 bits per heavy atom. The minimum Gasteiger partial charge on any atom is -0.385 e. The largest absolute Gasteiger partial charge is 0.385 e. The highest BCUT2D eigenvalue weighted by molar-refractivity contribution is 7.99. The number of benzene rings is 1. The second-order valence-corrected chi connectivity index (χ2v) is 9.20. The molecular formula is C20H22ClN3O3S2. The molecule has 2 aromatic heterocycles. The molecule has 0 fully saturated rings. The molecule has 3 rings (SSSR count). The summed E-state index contributed by atoms with van der Waals surface area (Å²) in [6, 6.07) is 11.0. The number of para-hydroxylation sites is 1. The number of ether oxygens (including phenoxy) is 1. The Bertz CT molecular complexity index is 1050. The third-order valence-corrected chi connectivity index (χ3v) is 6.51. The SMILES string of the molecule is COCCCn1c(SCC(=O)N(C)Cc2ccc(Cl)s2)nc2ccccc2c1=O. The maximum absolute atomic E-state index is 12.9. The molecule has 0 N–H and O–H groups in total. The van der Waals surface area contributed by atoms with Gasteiger partial charge in [0.25, 0.3) is 5.56 Å². The monoisotopic (exact) mass is 451 g/mol. The summed E-state index contributed by atoms with van der Waals surface area (Å²) in [6.07, 6.45) is 0.691. The van der Waals surface area contributed by atoms with Crippen LogP contribution in [-0.4, -0.2) is 46.9 Å². The summed E-state index contributed by atoms with van der Waals surface area (Å²) in [6.45, 7) is 1.54. The maximum Gasteiger partial charge on any atom is 0.262 e. The van der Waals surface area contributed by atoms with Gasteiger partial charge in [0, 0.05) is 32.2 Å². The van der Waals surface area contributed by atoms with Gasteiger partial charge >= 0.3 is 0 Å². The fourth-order valence-corrected chi connectivity index (χ4v) is 4.92. The van der Waals surface area contributed by atoms with E-state index >= 15 is 0 Å². The number of halogens is 1. The van der Waals surface area contributed by atoms with Crippen LogP contribution < -0.4 is 5.56 Å². The summed E-state index contributed by atoms with van der Waals surface area (Å²) in [4.78, 5) is 32.8. The normalized spacial score (nSPS) is 11.1. The Morgan fingerprint density at radius 2 is 2.10 bits per heavy atom. The van der Waals surface area contributed by atoms with Crippen molar-refractivity contribution in [3.63, 3.8) is 0 Å². The fraction of sp³-hybridized carbons (Fsp3) is 0.350. The van der Waals surface area contributed by atoms with E-state index in [9.17, 15) is 9.59 Å². The average molecular weight is 452 g/mol. The van der Waals surface area contributed by atoms with Crippen LogP contribution in [0.25, 0.3) is 10.9 Å². The molecule has 29 heavy (non-hydrogen) atoms. The Kier molecular flexibility index (Phi) is 7.71. The molecule has 0 aliphatic heterocycles. The van der Waals surface area contributed by atoms with Crippen LogP contribution >= 0.6 is 34.7 Å². The summed E-state index contributed by atoms with van der Waals surface area (Å²) in [5.41, 5.74) is 0.542. The second-order valence-electron chi connectivity index (χ2n) is 6.46. The van der Waals surface area contributed by atoms with E-state index in [0.717, 1.165) is 4.88 Å². The Morgan fingerprint density at radius 1 is 1.31 bits per heavy atom. The summed E-state index contributed by atoms with van der Waals surface area (Å²) in [5.74, 6) is 0.162. The third kappa shape index (κ3) is 5.60. The van der Waals surface area contributed by atoms with E-state index in [4.69, 9.17) is 16.3 Å². The minimum absolute atomic E-state index is 0.0367. The molecule has 0 unspecified atom stereocenters. The summed E-state index contributed by atoms with van der Waals surface area (Å²) >= 11 is 8.70. The molecule has 0 saturated heterocycles. The first-order valence-electron chi connectivity index (χ1n) is 9.09. The first kappa shape index (κ1) is 21.8. The van der Waals surface area contributed by atoms with Crippen LogP contribution in [0.15, 0.2) is 46.3 Å². The lowest BCUT2D eigenvalue weighted by Gasteiger charge is -2.17. The molecule has 6 nitrogen and oxygen atoms in total. The number of methoxy groups -OCH3 is 1. The van der Waals surface area contributed by atoms with Gasteiger partial charge in [0.15, 0.2) is 5.16 Å². The molecule has 1 aromatic carbocycles. The van der Waals surface area contributed by atoms with Crippen LogP contribution in [0.1, 0.15) is 11.3 Å². The fourth-order valence-electron chi connectivity index (χ4n) is 2.82. The van der Waals surface area contributed by atoms with E-state index in [1.165, 1.54) is 23.1 Å². The molecule has 0 bridgehead atoms. The first-order valence-corrected chi connectivity index (χ1v) is 11.3. The first-order chi connectivity index (χ1) is 14.0. The van der Waals surface area contributed by atoms with E-state index in [1.54, 1.807) is 29.7 Å². The molecule has 154 valence electrons. The zero-order chi connectivity index (χ0) is 20.8. The van der Waals surface area contributed by atoms with E-state index < -0.39 is 0 Å². The number of carbonyl (C=O) groups is 1. The van der Waals surface area contributed by atoms with Crippen LogP contribution in [0.5, 0.6) is 0 Å². The van der Waals surface area contributed by atoms with Gasteiger partial charge in [0.2, 0.25) is 5.91 Å². The summed E-state index contributed by atoms with van der Waals surface area (Å²) < 4.78 is 7.45. The standard InChI is InChI=1S/C20H22ClN3O3S2/c1-23(12-14-8-9-17(21)29-14)18(25)13-28-20-22-16-7-4-3-6-15(16)19(26)24(20)10-5-11-27-2/h3-4,6-9H,5,10-13H2,1-2H3. The smallest absolute Gasteiger partial charge is 0.262 e. The van der Waals surface area contributed by atoms with E-state index in [1.807, 2.05) is 30.3 Å². The molecular weight excluding hydrogens is 430 g/mol. The van der Waals surface area contributed by atoms with Gasteiger partial charge in [-0.3, -0.25) is 14.2 Å². The molecule has 0 aliphatic rings. The van der Waals surface area contributed by atoms with Crippen molar-refractivity contribution in [2.24, 2.45) is 0 Å². The van der Waals surface area contributed by atoms with Crippen molar-refractivity contribution in [2.45, 2.75) is 24.7 Å². The van der Waals surface area contributed by atoms with Gasteiger partial charge in [-0.15, -0.1) is 11.3 Å². The number of hydrogen-bond donors (Lipinski definition) is 0. The zero-order valence-electron chi connectivity index (χ0n) is 16.3. The number of fused-ring (bicyclic) bond motifs is 1. The summed E-state index contributed by atoms with van der Waals surface area (Å²) in [7, 11) is 3.39. The number of nitrogens with zero attached hydrogens (tertiary/aromatic N) is 3. The highest BCUT2D eigenvalue weighted by atomic mass is 35.5. The molecule has 0 aliphatic carbocycles. The molecule has 9 heteroatoms. The van der Waals surface area contributed by atoms with E-state index in [-0.39, 0.29) is 17.2 Å². The molecule has 0 spiro atoms. The number of carbonyl (C=O) groups excluding carboxylic acids is 1. The molecule has 3 aromatic rings. The Hall–Kier alpha value is -1.87. The van der Waals surface area contributed by atoms with Crippen LogP contribution in [0.3, 0.4) is 0 Å². The van der Waals surface area contributed by atoms with Crippen LogP contribution in [0.4, 0.5) is 0 Å². The Labute approximate surface area is 182 Å². The van der Waals surface area contributed by atoms with E-state index in [0.29, 0.717) is 46.5 Å². The number of hydrogen-bond acceptors (Lipinski definition) is 6. The lowest BCUT2D eigenvalue weighted by atomic mass is 10.2. The number of thiophene rings is 1. The number of aromatic nitrogens is 2. The number of amides is 1. The molecule has 0 saturated carbocycles. The number of thioether (sulfide) groups is 1. The lowest BCUT2D eigenvalue weighted by molar-refractivity contribution is -0.127. The van der Waals surface area contributed by atoms with Crippen LogP contribution in [0.2, 0.25) is 4.34 Å². The molecule has 0 atom stereocenters.